The fraction of sp³-hybridized carbons (Fsp3) is 0.450. The van der Waals surface area contributed by atoms with E-state index in [1.54, 1.807) is 49.7 Å². The lowest BCUT2D eigenvalue weighted by Gasteiger charge is -2.32. The van der Waals surface area contributed by atoms with Crippen molar-refractivity contribution in [2.24, 2.45) is 0 Å². The zero-order valence-electron chi connectivity index (χ0n) is 16.5. The van der Waals surface area contributed by atoms with E-state index >= 15 is 0 Å². The molecule has 1 saturated heterocycles. The lowest BCUT2D eigenvalue weighted by Crippen LogP contribution is -2.46. The third kappa shape index (κ3) is 5.03. The Morgan fingerprint density at radius 1 is 1.18 bits per heavy atom. The number of hydrogen-bond acceptors (Lipinski definition) is 6. The summed E-state index contributed by atoms with van der Waals surface area (Å²) in [5.74, 6) is 1.23. The molecule has 0 aliphatic carbocycles. The maximum absolute atomic E-state index is 12.7. The van der Waals surface area contributed by atoms with Crippen LogP contribution in [0.2, 0.25) is 0 Å². The van der Waals surface area contributed by atoms with Crippen LogP contribution in [0, 0.1) is 0 Å². The van der Waals surface area contributed by atoms with Crippen LogP contribution in [0.1, 0.15) is 25.3 Å². The number of piperidine rings is 1. The van der Waals surface area contributed by atoms with Gasteiger partial charge in [-0.05, 0) is 24.8 Å². The number of nitrogens with zero attached hydrogens (tertiary/aromatic N) is 3. The summed E-state index contributed by atoms with van der Waals surface area (Å²) in [5.41, 5.74) is 1.67. The van der Waals surface area contributed by atoms with Crippen molar-refractivity contribution < 1.29 is 19.0 Å². The van der Waals surface area contributed by atoms with Gasteiger partial charge in [0.15, 0.2) is 0 Å². The van der Waals surface area contributed by atoms with Gasteiger partial charge in [0.1, 0.15) is 17.6 Å². The van der Waals surface area contributed by atoms with E-state index in [9.17, 15) is 4.79 Å². The van der Waals surface area contributed by atoms with E-state index in [0.29, 0.717) is 36.3 Å². The molecule has 2 amide bonds. The summed E-state index contributed by atoms with van der Waals surface area (Å²) in [5, 5.41) is 2.90. The Hall–Kier alpha value is -3.03. The first-order chi connectivity index (χ1) is 13.6. The Morgan fingerprint density at radius 3 is 2.46 bits per heavy atom. The highest BCUT2D eigenvalue weighted by atomic mass is 16.5. The number of likely N-dealkylation sites (tertiary alicyclic amines) is 1. The highest BCUT2D eigenvalue weighted by molar-refractivity contribution is 5.90. The second-order valence-electron chi connectivity index (χ2n) is 6.59. The molecule has 0 saturated carbocycles. The van der Waals surface area contributed by atoms with Crippen molar-refractivity contribution in [3.8, 4) is 17.5 Å². The summed E-state index contributed by atoms with van der Waals surface area (Å²) in [4.78, 5) is 22.9. The minimum Gasteiger partial charge on any atom is -0.497 e. The smallest absolute Gasteiger partial charge is 0.321 e. The molecular weight excluding hydrogens is 360 g/mol. The fourth-order valence-corrected chi connectivity index (χ4v) is 3.04. The monoisotopic (exact) mass is 386 g/mol. The normalized spacial score (nSPS) is 16.4. The fourth-order valence-electron chi connectivity index (χ4n) is 3.04. The molecule has 1 aliphatic rings. The van der Waals surface area contributed by atoms with Gasteiger partial charge >= 0.3 is 12.0 Å². The zero-order chi connectivity index (χ0) is 19.9. The van der Waals surface area contributed by atoms with Crippen LogP contribution in [0.25, 0.3) is 0 Å². The Kier molecular flexibility index (Phi) is 6.52. The van der Waals surface area contributed by atoms with Gasteiger partial charge < -0.3 is 24.4 Å². The van der Waals surface area contributed by atoms with Crippen LogP contribution >= 0.6 is 0 Å². The van der Waals surface area contributed by atoms with Gasteiger partial charge in [0.2, 0.25) is 0 Å². The highest BCUT2D eigenvalue weighted by Crippen LogP contribution is 2.26. The van der Waals surface area contributed by atoms with Crippen molar-refractivity contribution in [1.82, 2.24) is 14.9 Å². The molecule has 1 aromatic heterocycles. The molecule has 0 bridgehead atoms. The first-order valence-electron chi connectivity index (χ1n) is 9.37. The van der Waals surface area contributed by atoms with Gasteiger partial charge in [0, 0.05) is 42.8 Å². The largest absolute Gasteiger partial charge is 0.497 e. The van der Waals surface area contributed by atoms with Crippen molar-refractivity contribution >= 4 is 11.7 Å². The predicted octanol–water partition coefficient (Wildman–Crippen LogP) is 3.13. The lowest BCUT2D eigenvalue weighted by molar-refractivity contribution is 0.0982. The molecule has 1 aliphatic heterocycles. The highest BCUT2D eigenvalue weighted by Gasteiger charge is 2.25. The molecule has 1 aromatic carbocycles. The van der Waals surface area contributed by atoms with Crippen LogP contribution in [-0.2, 0) is 6.42 Å². The Balaban J connectivity index is 1.61. The number of hydrogen-bond donors (Lipinski definition) is 1. The average molecular weight is 386 g/mol. The molecule has 1 unspecified atom stereocenters. The van der Waals surface area contributed by atoms with E-state index < -0.39 is 0 Å². The van der Waals surface area contributed by atoms with Crippen LogP contribution in [0.4, 0.5) is 10.5 Å². The van der Waals surface area contributed by atoms with Crippen LogP contribution < -0.4 is 19.5 Å². The minimum absolute atomic E-state index is 0.133. The van der Waals surface area contributed by atoms with Gasteiger partial charge in [-0.2, -0.15) is 0 Å². The summed E-state index contributed by atoms with van der Waals surface area (Å²) >= 11 is 0. The summed E-state index contributed by atoms with van der Waals surface area (Å²) in [6.07, 6.45) is 6.00. The number of methoxy groups -OCH3 is 2. The van der Waals surface area contributed by atoms with Crippen LogP contribution in [-0.4, -0.2) is 54.3 Å². The topological polar surface area (TPSA) is 85.8 Å². The maximum Gasteiger partial charge on any atom is 0.321 e. The molecule has 2 aromatic rings. The van der Waals surface area contributed by atoms with Crippen LogP contribution in [0.15, 0.2) is 30.6 Å². The van der Waals surface area contributed by atoms with Gasteiger partial charge in [0.05, 0.1) is 20.8 Å². The van der Waals surface area contributed by atoms with E-state index in [0.717, 1.165) is 24.8 Å². The minimum atomic E-state index is -0.189. The number of urea groups is 1. The molecule has 0 spiro atoms. The molecule has 1 N–H and O–H groups in total. The number of aromatic nitrogens is 2. The number of nitrogens with one attached hydrogen (secondary N) is 1. The SMILES string of the molecule is CCc1cnc(OC2CCCN(C(=O)Nc3cc(OC)cc(OC)c3)C2)nc1. The van der Waals surface area contributed by atoms with Crippen molar-refractivity contribution in [2.45, 2.75) is 32.3 Å². The second-order valence-corrected chi connectivity index (χ2v) is 6.59. The van der Waals surface area contributed by atoms with E-state index in [4.69, 9.17) is 14.2 Å². The second kappa shape index (κ2) is 9.25. The summed E-state index contributed by atoms with van der Waals surface area (Å²) in [6.45, 7) is 3.20. The summed E-state index contributed by atoms with van der Waals surface area (Å²) < 4.78 is 16.4. The van der Waals surface area contributed by atoms with Crippen molar-refractivity contribution in [3.63, 3.8) is 0 Å². The average Bonchev–Trinajstić information content (AvgIpc) is 2.74. The molecule has 0 radical (unpaired) electrons. The van der Waals surface area contributed by atoms with Crippen LogP contribution in [0.5, 0.6) is 17.5 Å². The molecule has 1 atom stereocenters. The van der Waals surface area contributed by atoms with Gasteiger partial charge in [-0.1, -0.05) is 6.92 Å². The number of aryl methyl sites for hydroxylation is 1. The van der Waals surface area contributed by atoms with Crippen molar-refractivity contribution in [2.75, 3.05) is 32.6 Å². The van der Waals surface area contributed by atoms with Gasteiger partial charge in [-0.15, -0.1) is 0 Å². The zero-order valence-corrected chi connectivity index (χ0v) is 16.5. The number of ether oxygens (including phenoxy) is 3. The van der Waals surface area contributed by atoms with Gasteiger partial charge in [0.25, 0.3) is 0 Å². The maximum atomic E-state index is 12.7. The quantitative estimate of drug-likeness (QED) is 0.821. The first-order valence-corrected chi connectivity index (χ1v) is 9.37. The molecule has 8 heteroatoms. The van der Waals surface area contributed by atoms with E-state index in [-0.39, 0.29) is 12.1 Å². The number of anilines is 1. The molecule has 8 nitrogen and oxygen atoms in total. The molecule has 150 valence electrons. The van der Waals surface area contributed by atoms with Gasteiger partial charge in [-0.3, -0.25) is 0 Å². The molecule has 2 heterocycles. The molecular formula is C20H26N4O4. The lowest BCUT2D eigenvalue weighted by atomic mass is 10.1. The standard InChI is InChI=1S/C20H26N4O4/c1-4-14-11-21-19(22-12-14)28-16-6-5-7-24(13-16)20(25)23-15-8-17(26-2)10-18(9-15)27-3/h8-12,16H,4-7,13H2,1-3H3,(H,23,25). The third-order valence-corrected chi connectivity index (χ3v) is 4.63. The number of carbonyl (C=O) groups is 1. The van der Waals surface area contributed by atoms with Crippen LogP contribution in [0.3, 0.4) is 0 Å². The number of amides is 2. The number of rotatable bonds is 6. The Bertz CT molecular complexity index is 775. The molecule has 1 fully saturated rings. The number of carbonyl (C=O) groups excluding carboxylic acids is 1. The van der Waals surface area contributed by atoms with E-state index in [1.807, 2.05) is 0 Å². The Labute approximate surface area is 164 Å². The Morgan fingerprint density at radius 2 is 1.86 bits per heavy atom. The van der Waals surface area contributed by atoms with E-state index in [2.05, 4.69) is 22.2 Å². The van der Waals surface area contributed by atoms with Crippen molar-refractivity contribution in [1.29, 1.82) is 0 Å². The number of benzene rings is 1. The third-order valence-electron chi connectivity index (χ3n) is 4.63. The predicted molar refractivity (Wildman–Crippen MR) is 105 cm³/mol. The first kappa shape index (κ1) is 19.7. The van der Waals surface area contributed by atoms with Crippen molar-refractivity contribution in [3.05, 3.63) is 36.2 Å². The molecule has 3 rings (SSSR count). The van der Waals surface area contributed by atoms with Gasteiger partial charge in [-0.25, -0.2) is 14.8 Å². The molecule has 28 heavy (non-hydrogen) atoms. The summed E-state index contributed by atoms with van der Waals surface area (Å²) in [7, 11) is 3.14. The summed E-state index contributed by atoms with van der Waals surface area (Å²) in [6, 6.07) is 5.42. The van der Waals surface area contributed by atoms with E-state index in [1.165, 1.54) is 0 Å².